The minimum Gasteiger partial charge on any atom is -0.356 e. The van der Waals surface area contributed by atoms with Crippen molar-refractivity contribution in [3.8, 4) is 0 Å². The molecular weight excluding hydrogens is 383 g/mol. The smallest absolute Gasteiger partial charge is 0.244 e. The molecule has 1 atom stereocenters. The maximum atomic E-state index is 12.9. The fourth-order valence-corrected chi connectivity index (χ4v) is 5.18. The second-order valence-corrected chi connectivity index (χ2v) is 9.03. The Kier molecular flexibility index (Phi) is 7.55. The SMILES string of the molecule is CCCCCNC(=O)[C@H]1CCCN(S(=O)(=O)c2cc(Cl)ccc2Cl)C1. The lowest BCUT2D eigenvalue weighted by atomic mass is 9.99. The summed E-state index contributed by atoms with van der Waals surface area (Å²) in [5, 5.41) is 3.36. The molecular formula is C17H24Cl2N2O3S. The molecule has 1 aromatic rings. The molecule has 1 N–H and O–H groups in total. The Hall–Kier alpha value is -0.820. The van der Waals surface area contributed by atoms with Gasteiger partial charge in [-0.1, -0.05) is 43.0 Å². The molecule has 1 saturated heterocycles. The Morgan fingerprint density at radius 1 is 1.32 bits per heavy atom. The van der Waals surface area contributed by atoms with Crippen molar-refractivity contribution in [1.29, 1.82) is 0 Å². The number of amides is 1. The third-order valence-electron chi connectivity index (χ3n) is 4.35. The van der Waals surface area contributed by atoms with Gasteiger partial charge in [-0.2, -0.15) is 4.31 Å². The fourth-order valence-electron chi connectivity index (χ4n) is 2.92. The highest BCUT2D eigenvalue weighted by Gasteiger charge is 2.34. The Balaban J connectivity index is 2.07. The minimum atomic E-state index is -3.77. The van der Waals surface area contributed by atoms with Crippen LogP contribution in [0.1, 0.15) is 39.0 Å². The molecule has 0 saturated carbocycles. The summed E-state index contributed by atoms with van der Waals surface area (Å²) in [6.45, 7) is 3.29. The average Bonchev–Trinajstić information content (AvgIpc) is 2.60. The van der Waals surface area contributed by atoms with Crippen LogP contribution in [0.15, 0.2) is 23.1 Å². The van der Waals surface area contributed by atoms with Gasteiger partial charge in [-0.05, 0) is 37.5 Å². The summed E-state index contributed by atoms with van der Waals surface area (Å²) in [6, 6.07) is 4.37. The number of carbonyl (C=O) groups excluding carboxylic acids is 1. The van der Waals surface area contributed by atoms with Crippen molar-refractivity contribution in [2.75, 3.05) is 19.6 Å². The summed E-state index contributed by atoms with van der Waals surface area (Å²) in [6.07, 6.45) is 4.43. The third-order valence-corrected chi connectivity index (χ3v) is 6.93. The lowest BCUT2D eigenvalue weighted by Crippen LogP contribution is -2.45. The normalized spacial score (nSPS) is 18.9. The molecule has 0 unspecified atom stereocenters. The summed E-state index contributed by atoms with van der Waals surface area (Å²) >= 11 is 12.0. The molecule has 5 nitrogen and oxygen atoms in total. The molecule has 0 bridgehead atoms. The van der Waals surface area contributed by atoms with Crippen LogP contribution in [0.5, 0.6) is 0 Å². The number of rotatable bonds is 7. The molecule has 0 spiro atoms. The zero-order valence-corrected chi connectivity index (χ0v) is 16.6. The van der Waals surface area contributed by atoms with Gasteiger partial charge in [0, 0.05) is 24.7 Å². The molecule has 0 aromatic heterocycles. The first-order valence-corrected chi connectivity index (χ1v) is 10.8. The molecule has 8 heteroatoms. The number of halogens is 2. The Bertz CT molecular complexity index is 710. The van der Waals surface area contributed by atoms with Crippen molar-refractivity contribution in [3.63, 3.8) is 0 Å². The van der Waals surface area contributed by atoms with Crippen molar-refractivity contribution in [1.82, 2.24) is 9.62 Å². The van der Waals surface area contributed by atoms with Crippen LogP contribution < -0.4 is 5.32 Å². The number of nitrogens with zero attached hydrogens (tertiary/aromatic N) is 1. The van der Waals surface area contributed by atoms with Gasteiger partial charge in [0.25, 0.3) is 0 Å². The van der Waals surface area contributed by atoms with E-state index in [-0.39, 0.29) is 28.3 Å². The van der Waals surface area contributed by atoms with E-state index >= 15 is 0 Å². The Morgan fingerprint density at radius 2 is 2.08 bits per heavy atom. The van der Waals surface area contributed by atoms with Gasteiger partial charge in [0.1, 0.15) is 4.90 Å². The van der Waals surface area contributed by atoms with E-state index in [2.05, 4.69) is 12.2 Å². The summed E-state index contributed by atoms with van der Waals surface area (Å²) < 4.78 is 27.1. The van der Waals surface area contributed by atoms with Crippen molar-refractivity contribution in [2.45, 2.75) is 43.9 Å². The maximum absolute atomic E-state index is 12.9. The zero-order chi connectivity index (χ0) is 18.4. The highest BCUT2D eigenvalue weighted by atomic mass is 35.5. The lowest BCUT2D eigenvalue weighted by Gasteiger charge is -2.31. The van der Waals surface area contributed by atoms with Crippen LogP contribution >= 0.6 is 23.2 Å². The van der Waals surface area contributed by atoms with Crippen LogP contribution in [-0.4, -0.2) is 38.3 Å². The van der Waals surface area contributed by atoms with Crippen molar-refractivity contribution >= 4 is 39.1 Å². The topological polar surface area (TPSA) is 66.5 Å². The van der Waals surface area contributed by atoms with Gasteiger partial charge >= 0.3 is 0 Å². The minimum absolute atomic E-state index is 0.00864. The van der Waals surface area contributed by atoms with E-state index in [1.165, 1.54) is 16.4 Å². The summed E-state index contributed by atoms with van der Waals surface area (Å²) in [5.41, 5.74) is 0. The molecule has 1 aromatic carbocycles. The number of piperidine rings is 1. The van der Waals surface area contributed by atoms with Crippen LogP contribution in [0.25, 0.3) is 0 Å². The number of hydrogen-bond donors (Lipinski definition) is 1. The monoisotopic (exact) mass is 406 g/mol. The van der Waals surface area contributed by atoms with Crippen molar-refractivity contribution in [2.24, 2.45) is 5.92 Å². The molecule has 140 valence electrons. The quantitative estimate of drug-likeness (QED) is 0.701. The molecule has 1 heterocycles. The predicted octanol–water partition coefficient (Wildman–Crippen LogP) is 3.70. The Labute approximate surface area is 159 Å². The zero-order valence-electron chi connectivity index (χ0n) is 14.3. The number of unbranched alkanes of at least 4 members (excludes halogenated alkanes) is 2. The van der Waals surface area contributed by atoms with E-state index < -0.39 is 10.0 Å². The summed E-state index contributed by atoms with van der Waals surface area (Å²) in [7, 11) is -3.77. The van der Waals surface area contributed by atoms with Gasteiger partial charge < -0.3 is 5.32 Å². The molecule has 1 fully saturated rings. The molecule has 0 aliphatic carbocycles. The lowest BCUT2D eigenvalue weighted by molar-refractivity contribution is -0.126. The Morgan fingerprint density at radius 3 is 2.80 bits per heavy atom. The van der Waals surface area contributed by atoms with Gasteiger partial charge in [0.2, 0.25) is 15.9 Å². The van der Waals surface area contributed by atoms with Gasteiger partial charge in [-0.15, -0.1) is 0 Å². The highest BCUT2D eigenvalue weighted by molar-refractivity contribution is 7.89. The molecule has 1 aliphatic rings. The van der Waals surface area contributed by atoms with E-state index in [1.807, 2.05) is 0 Å². The standard InChI is InChI=1S/C17H24Cl2N2O3S/c1-2-3-4-9-20-17(22)13-6-5-10-21(12-13)25(23,24)16-11-14(18)7-8-15(16)19/h7-8,11,13H,2-6,9-10,12H2,1H3,(H,20,22)/t13-/m0/s1. The average molecular weight is 407 g/mol. The third kappa shape index (κ3) is 5.33. The fraction of sp³-hybridized carbons (Fsp3) is 0.588. The summed E-state index contributed by atoms with van der Waals surface area (Å²) in [4.78, 5) is 12.3. The largest absolute Gasteiger partial charge is 0.356 e. The summed E-state index contributed by atoms with van der Waals surface area (Å²) in [5.74, 6) is -0.406. The number of benzene rings is 1. The van der Waals surface area contributed by atoms with Gasteiger partial charge in [-0.25, -0.2) is 8.42 Å². The van der Waals surface area contributed by atoms with Crippen molar-refractivity contribution in [3.05, 3.63) is 28.2 Å². The second-order valence-electron chi connectivity index (χ2n) is 6.28. The van der Waals surface area contributed by atoms with Crippen LogP contribution in [0.3, 0.4) is 0 Å². The van der Waals surface area contributed by atoms with E-state index in [0.717, 1.165) is 19.3 Å². The first-order chi connectivity index (χ1) is 11.9. The number of nitrogens with one attached hydrogen (secondary N) is 1. The van der Waals surface area contributed by atoms with E-state index in [9.17, 15) is 13.2 Å². The molecule has 1 amide bonds. The predicted molar refractivity (Wildman–Crippen MR) is 100 cm³/mol. The first kappa shape index (κ1) is 20.5. The van der Waals surface area contributed by atoms with Gasteiger partial charge in [-0.3, -0.25) is 4.79 Å². The number of carbonyl (C=O) groups is 1. The van der Waals surface area contributed by atoms with Crippen molar-refractivity contribution < 1.29 is 13.2 Å². The molecule has 25 heavy (non-hydrogen) atoms. The second kappa shape index (κ2) is 9.21. The van der Waals surface area contributed by atoms with Crippen LogP contribution in [0.2, 0.25) is 10.0 Å². The van der Waals surface area contributed by atoms with Gasteiger partial charge in [0.05, 0.1) is 10.9 Å². The maximum Gasteiger partial charge on any atom is 0.244 e. The van der Waals surface area contributed by atoms with E-state index in [4.69, 9.17) is 23.2 Å². The molecule has 2 rings (SSSR count). The van der Waals surface area contributed by atoms with E-state index in [0.29, 0.717) is 31.0 Å². The molecule has 1 aliphatic heterocycles. The number of hydrogen-bond acceptors (Lipinski definition) is 3. The van der Waals surface area contributed by atoms with Crippen LogP contribution in [0, 0.1) is 5.92 Å². The van der Waals surface area contributed by atoms with Gasteiger partial charge in [0.15, 0.2) is 0 Å². The molecule has 0 radical (unpaired) electrons. The first-order valence-electron chi connectivity index (χ1n) is 8.59. The highest BCUT2D eigenvalue weighted by Crippen LogP contribution is 2.30. The van der Waals surface area contributed by atoms with E-state index in [1.54, 1.807) is 6.07 Å². The number of sulfonamides is 1. The van der Waals surface area contributed by atoms with Crippen LogP contribution in [-0.2, 0) is 14.8 Å². The van der Waals surface area contributed by atoms with Crippen LogP contribution in [0.4, 0.5) is 0 Å².